The van der Waals surface area contributed by atoms with Crippen molar-refractivity contribution >= 4 is 11.6 Å². The molecular weight excluding hydrogens is 243 g/mol. The highest BCUT2D eigenvalue weighted by Crippen LogP contribution is 2.39. The molecule has 1 aliphatic carbocycles. The van der Waals surface area contributed by atoms with Crippen molar-refractivity contribution in [1.82, 2.24) is 9.97 Å². The molecule has 0 saturated heterocycles. The zero-order valence-corrected chi connectivity index (χ0v) is 10.7. The third kappa shape index (κ3) is 2.56. The third-order valence-electron chi connectivity index (χ3n) is 3.16. The van der Waals surface area contributed by atoms with Gasteiger partial charge in [-0.05, 0) is 44.0 Å². The summed E-state index contributed by atoms with van der Waals surface area (Å²) in [6.07, 6.45) is 2.33. The molecular formula is C14H15FN4. The number of benzene rings is 1. The number of anilines is 2. The van der Waals surface area contributed by atoms with E-state index in [2.05, 4.69) is 9.97 Å². The van der Waals surface area contributed by atoms with Crippen LogP contribution in [0.2, 0.25) is 0 Å². The summed E-state index contributed by atoms with van der Waals surface area (Å²) >= 11 is 0. The second-order valence-electron chi connectivity index (χ2n) is 4.86. The van der Waals surface area contributed by atoms with E-state index in [1.807, 2.05) is 13.0 Å². The fourth-order valence-corrected chi connectivity index (χ4v) is 2.01. The maximum absolute atomic E-state index is 13.2. The Kier molecular flexibility index (Phi) is 2.91. The Bertz CT molecular complexity index is 610. The average Bonchev–Trinajstić information content (AvgIpc) is 3.21. The molecule has 0 spiro atoms. The number of nitrogens with two attached hydrogens (primary N) is 1. The maximum Gasteiger partial charge on any atom is 0.245 e. The number of nitrogens with zero attached hydrogens (tertiary/aromatic N) is 3. The van der Waals surface area contributed by atoms with Gasteiger partial charge in [0.2, 0.25) is 5.95 Å². The first-order chi connectivity index (χ1) is 9.13. The van der Waals surface area contributed by atoms with Crippen molar-refractivity contribution in [3.05, 3.63) is 47.5 Å². The van der Waals surface area contributed by atoms with Gasteiger partial charge in [-0.15, -0.1) is 0 Å². The molecule has 4 nitrogen and oxygen atoms in total. The standard InChI is InChI=1S/C14H15FN4/c1-9-7-13(10-5-6-10)18-14(17-9)19(16)12-4-2-3-11(15)8-12/h2-4,7-8,10H,5-6,16H2,1H3. The Labute approximate surface area is 111 Å². The largest absolute Gasteiger partial charge is 0.246 e. The summed E-state index contributed by atoms with van der Waals surface area (Å²) in [7, 11) is 0. The summed E-state index contributed by atoms with van der Waals surface area (Å²) in [6.45, 7) is 1.91. The first-order valence-electron chi connectivity index (χ1n) is 6.29. The van der Waals surface area contributed by atoms with E-state index >= 15 is 0 Å². The molecule has 98 valence electrons. The highest BCUT2D eigenvalue weighted by molar-refractivity contribution is 5.55. The predicted octanol–water partition coefficient (Wildman–Crippen LogP) is 2.81. The van der Waals surface area contributed by atoms with E-state index < -0.39 is 0 Å². The number of aromatic nitrogens is 2. The van der Waals surface area contributed by atoms with Gasteiger partial charge in [0.25, 0.3) is 0 Å². The molecule has 1 saturated carbocycles. The van der Waals surface area contributed by atoms with E-state index in [4.69, 9.17) is 5.84 Å². The number of aryl methyl sites for hydroxylation is 1. The lowest BCUT2D eigenvalue weighted by atomic mass is 10.2. The Morgan fingerprint density at radius 3 is 2.74 bits per heavy atom. The minimum atomic E-state index is -0.331. The molecule has 2 aromatic rings. The van der Waals surface area contributed by atoms with E-state index in [0.717, 1.165) is 11.4 Å². The van der Waals surface area contributed by atoms with Gasteiger partial charge in [-0.25, -0.2) is 25.2 Å². The summed E-state index contributed by atoms with van der Waals surface area (Å²) in [5.74, 6) is 6.59. The Hall–Kier alpha value is -2.01. The summed E-state index contributed by atoms with van der Waals surface area (Å²) in [6, 6.07) is 8.07. The molecule has 1 fully saturated rings. The first-order valence-corrected chi connectivity index (χ1v) is 6.29. The highest BCUT2D eigenvalue weighted by atomic mass is 19.1. The predicted molar refractivity (Wildman–Crippen MR) is 71.5 cm³/mol. The van der Waals surface area contributed by atoms with Gasteiger partial charge in [0.1, 0.15) is 5.82 Å². The van der Waals surface area contributed by atoms with Crippen molar-refractivity contribution < 1.29 is 4.39 Å². The van der Waals surface area contributed by atoms with Crippen LogP contribution in [-0.4, -0.2) is 9.97 Å². The zero-order chi connectivity index (χ0) is 13.4. The SMILES string of the molecule is Cc1cc(C2CC2)nc(N(N)c2cccc(F)c2)n1. The molecule has 5 heteroatoms. The molecule has 1 aromatic heterocycles. The van der Waals surface area contributed by atoms with E-state index in [1.165, 1.54) is 30.0 Å². The highest BCUT2D eigenvalue weighted by Gasteiger charge is 2.26. The van der Waals surface area contributed by atoms with E-state index in [1.54, 1.807) is 12.1 Å². The fraction of sp³-hybridized carbons (Fsp3) is 0.286. The van der Waals surface area contributed by atoms with Crippen molar-refractivity contribution in [3.63, 3.8) is 0 Å². The van der Waals surface area contributed by atoms with Crippen LogP contribution in [0, 0.1) is 12.7 Å². The summed E-state index contributed by atoms with van der Waals surface area (Å²) in [5, 5.41) is 1.32. The number of hydrazine groups is 1. The van der Waals surface area contributed by atoms with Crippen molar-refractivity contribution in [3.8, 4) is 0 Å². The lowest BCUT2D eigenvalue weighted by Crippen LogP contribution is -2.27. The molecule has 0 bridgehead atoms. The molecule has 1 aliphatic rings. The van der Waals surface area contributed by atoms with Gasteiger partial charge in [0, 0.05) is 17.3 Å². The normalized spacial score (nSPS) is 14.5. The van der Waals surface area contributed by atoms with Crippen LogP contribution in [0.1, 0.15) is 30.1 Å². The van der Waals surface area contributed by atoms with Crippen LogP contribution in [0.25, 0.3) is 0 Å². The molecule has 1 aromatic carbocycles. The van der Waals surface area contributed by atoms with Crippen molar-refractivity contribution in [2.75, 3.05) is 5.01 Å². The van der Waals surface area contributed by atoms with Gasteiger partial charge >= 0.3 is 0 Å². The smallest absolute Gasteiger partial charge is 0.245 e. The number of hydrogen-bond acceptors (Lipinski definition) is 4. The van der Waals surface area contributed by atoms with Crippen LogP contribution in [0.5, 0.6) is 0 Å². The number of rotatable bonds is 3. The Morgan fingerprint density at radius 1 is 1.26 bits per heavy atom. The fourth-order valence-electron chi connectivity index (χ4n) is 2.01. The summed E-state index contributed by atoms with van der Waals surface area (Å²) in [5.41, 5.74) is 2.43. The van der Waals surface area contributed by atoms with Gasteiger partial charge in [-0.3, -0.25) is 0 Å². The van der Waals surface area contributed by atoms with Gasteiger partial charge < -0.3 is 0 Å². The van der Waals surface area contributed by atoms with Gasteiger partial charge in [-0.2, -0.15) is 0 Å². The van der Waals surface area contributed by atoms with Crippen molar-refractivity contribution in [2.24, 2.45) is 5.84 Å². The lowest BCUT2D eigenvalue weighted by Gasteiger charge is -2.17. The Balaban J connectivity index is 1.96. The number of hydrogen-bond donors (Lipinski definition) is 1. The number of halogens is 1. The second-order valence-corrected chi connectivity index (χ2v) is 4.86. The third-order valence-corrected chi connectivity index (χ3v) is 3.16. The van der Waals surface area contributed by atoms with Crippen LogP contribution in [0.4, 0.5) is 16.0 Å². The van der Waals surface area contributed by atoms with E-state index in [-0.39, 0.29) is 5.82 Å². The van der Waals surface area contributed by atoms with E-state index in [0.29, 0.717) is 17.6 Å². The minimum Gasteiger partial charge on any atom is -0.246 e. The van der Waals surface area contributed by atoms with Crippen LogP contribution < -0.4 is 10.9 Å². The van der Waals surface area contributed by atoms with Crippen LogP contribution in [0.15, 0.2) is 30.3 Å². The van der Waals surface area contributed by atoms with Crippen molar-refractivity contribution in [1.29, 1.82) is 0 Å². The molecule has 0 unspecified atom stereocenters. The molecule has 0 atom stereocenters. The summed E-state index contributed by atoms with van der Waals surface area (Å²) < 4.78 is 13.2. The molecule has 2 N–H and O–H groups in total. The van der Waals surface area contributed by atoms with Crippen molar-refractivity contribution in [2.45, 2.75) is 25.7 Å². The van der Waals surface area contributed by atoms with Gasteiger partial charge in [-0.1, -0.05) is 6.07 Å². The monoisotopic (exact) mass is 258 g/mol. The maximum atomic E-state index is 13.2. The lowest BCUT2D eigenvalue weighted by molar-refractivity contribution is 0.627. The molecule has 19 heavy (non-hydrogen) atoms. The van der Waals surface area contributed by atoms with Crippen LogP contribution >= 0.6 is 0 Å². The average molecular weight is 258 g/mol. The Morgan fingerprint density at radius 2 is 2.05 bits per heavy atom. The van der Waals surface area contributed by atoms with Gasteiger partial charge in [0.15, 0.2) is 0 Å². The van der Waals surface area contributed by atoms with Crippen LogP contribution in [0.3, 0.4) is 0 Å². The van der Waals surface area contributed by atoms with Crippen LogP contribution in [-0.2, 0) is 0 Å². The quantitative estimate of drug-likeness (QED) is 0.679. The molecule has 0 aliphatic heterocycles. The summed E-state index contributed by atoms with van der Waals surface area (Å²) in [4.78, 5) is 8.79. The molecule has 0 radical (unpaired) electrons. The molecule has 3 rings (SSSR count). The zero-order valence-electron chi connectivity index (χ0n) is 10.7. The molecule has 1 heterocycles. The minimum absolute atomic E-state index is 0.331. The topological polar surface area (TPSA) is 55.0 Å². The first kappa shape index (κ1) is 12.0. The van der Waals surface area contributed by atoms with E-state index in [9.17, 15) is 4.39 Å². The second kappa shape index (κ2) is 4.59. The van der Waals surface area contributed by atoms with Gasteiger partial charge in [0.05, 0.1) is 5.69 Å². The molecule has 0 amide bonds.